The number of aromatic carboxylic acids is 1. The Bertz CT molecular complexity index is 1270. The minimum absolute atomic E-state index is 0.202. The number of rotatable bonds is 5. The minimum atomic E-state index is -0.981. The zero-order valence-corrected chi connectivity index (χ0v) is 17.9. The third-order valence-electron chi connectivity index (χ3n) is 5.91. The summed E-state index contributed by atoms with van der Waals surface area (Å²) in [7, 11) is 0. The molecule has 6 nitrogen and oxygen atoms in total. The number of carbonyl (C=O) groups is 1. The highest BCUT2D eigenvalue weighted by Gasteiger charge is 2.16. The van der Waals surface area contributed by atoms with E-state index in [2.05, 4.69) is 39.6 Å². The molecule has 0 radical (unpaired) electrons. The number of fused-ring (bicyclic) bond motifs is 1. The van der Waals surface area contributed by atoms with Crippen LogP contribution in [0.5, 0.6) is 5.75 Å². The molecule has 0 spiro atoms. The Hall–Kier alpha value is -3.64. The molecule has 0 amide bonds. The minimum Gasteiger partial charge on any atom is -0.490 e. The molecule has 3 N–H and O–H groups in total. The van der Waals surface area contributed by atoms with Gasteiger partial charge in [-0.25, -0.2) is 9.78 Å². The molecule has 1 aliphatic rings. The number of H-pyrrole nitrogens is 1. The number of carboxylic acids is 1. The highest BCUT2D eigenvalue weighted by Crippen LogP contribution is 2.30. The molecule has 2 heterocycles. The van der Waals surface area contributed by atoms with Gasteiger partial charge < -0.3 is 20.1 Å². The maximum atomic E-state index is 11.8. The Morgan fingerprint density at radius 3 is 2.41 bits per heavy atom. The van der Waals surface area contributed by atoms with Crippen LogP contribution in [0.2, 0.25) is 0 Å². The van der Waals surface area contributed by atoms with Gasteiger partial charge >= 0.3 is 5.97 Å². The van der Waals surface area contributed by atoms with Crippen LogP contribution >= 0.6 is 0 Å². The van der Waals surface area contributed by atoms with Gasteiger partial charge in [0, 0.05) is 0 Å². The lowest BCUT2D eigenvalue weighted by Gasteiger charge is -2.24. The number of imidazole rings is 1. The summed E-state index contributed by atoms with van der Waals surface area (Å²) in [5, 5.41) is 13.0. The number of aryl methyl sites for hydroxylation is 1. The molecule has 0 saturated carbocycles. The van der Waals surface area contributed by atoms with E-state index in [1.165, 1.54) is 0 Å². The molecule has 1 saturated heterocycles. The molecule has 0 atom stereocenters. The molecule has 4 aromatic rings. The first kappa shape index (κ1) is 20.3. The lowest BCUT2D eigenvalue weighted by Crippen LogP contribution is -2.34. The fourth-order valence-electron chi connectivity index (χ4n) is 4.28. The second-order valence-electron chi connectivity index (χ2n) is 8.22. The Morgan fingerprint density at radius 2 is 1.69 bits per heavy atom. The highest BCUT2D eigenvalue weighted by molar-refractivity contribution is 6.03. The molecule has 6 heteroatoms. The van der Waals surface area contributed by atoms with Gasteiger partial charge in [0.2, 0.25) is 0 Å². The van der Waals surface area contributed by atoms with Gasteiger partial charge in [0.15, 0.2) is 0 Å². The maximum absolute atomic E-state index is 11.8. The summed E-state index contributed by atoms with van der Waals surface area (Å²) in [6, 6.07) is 20.0. The molecule has 1 aromatic heterocycles. The first-order valence-electron chi connectivity index (χ1n) is 10.9. The number of hydrogen-bond donors (Lipinski definition) is 3. The normalized spacial score (nSPS) is 14.5. The van der Waals surface area contributed by atoms with Crippen LogP contribution in [0.15, 0.2) is 60.7 Å². The monoisotopic (exact) mass is 427 g/mol. The molecule has 0 aliphatic carbocycles. The Morgan fingerprint density at radius 1 is 0.969 bits per heavy atom. The zero-order chi connectivity index (χ0) is 22.1. The zero-order valence-electron chi connectivity index (χ0n) is 17.9. The van der Waals surface area contributed by atoms with E-state index in [0.717, 1.165) is 59.5 Å². The number of nitrogens with zero attached hydrogens (tertiary/aromatic N) is 1. The molecule has 5 rings (SSSR count). The van der Waals surface area contributed by atoms with E-state index in [9.17, 15) is 9.90 Å². The SMILES string of the molecule is Cc1nc2c(C(=O)O)cc(-c3ccc(-c4cccc(OC5CCNCC5)c4)cc3)cc2[nH]1. The van der Waals surface area contributed by atoms with Gasteiger partial charge in [0.25, 0.3) is 0 Å². The van der Waals surface area contributed by atoms with E-state index in [1.54, 1.807) is 6.07 Å². The molecule has 32 heavy (non-hydrogen) atoms. The van der Waals surface area contributed by atoms with Crippen molar-refractivity contribution < 1.29 is 14.6 Å². The maximum Gasteiger partial charge on any atom is 0.337 e. The number of hydrogen-bond acceptors (Lipinski definition) is 4. The van der Waals surface area contributed by atoms with Crippen molar-refractivity contribution in [2.45, 2.75) is 25.9 Å². The second kappa shape index (κ2) is 8.48. The quantitative estimate of drug-likeness (QED) is 0.416. The lowest BCUT2D eigenvalue weighted by atomic mass is 9.98. The molecule has 1 aliphatic heterocycles. The molecule has 0 unspecified atom stereocenters. The van der Waals surface area contributed by atoms with Crippen LogP contribution in [-0.2, 0) is 0 Å². The summed E-state index contributed by atoms with van der Waals surface area (Å²) in [6.45, 7) is 3.82. The van der Waals surface area contributed by atoms with Crippen LogP contribution in [0.1, 0.15) is 29.0 Å². The molecule has 3 aromatic carbocycles. The highest BCUT2D eigenvalue weighted by atomic mass is 16.5. The van der Waals surface area contributed by atoms with Crippen LogP contribution in [0, 0.1) is 6.92 Å². The standard InChI is InChI=1S/C26H25N3O3/c1-16-28-24-15-20(14-23(26(30)31)25(24)29-16)18-7-5-17(6-8-18)19-3-2-4-22(13-19)32-21-9-11-27-12-10-21/h2-8,13-15,21,27H,9-12H2,1H3,(H,28,29)(H,30,31). The van der Waals surface area contributed by atoms with Crippen molar-refractivity contribution in [3.8, 4) is 28.0 Å². The van der Waals surface area contributed by atoms with Crippen molar-refractivity contribution in [3.63, 3.8) is 0 Å². The summed E-state index contributed by atoms with van der Waals surface area (Å²) in [5.41, 5.74) is 5.38. The largest absolute Gasteiger partial charge is 0.490 e. The van der Waals surface area contributed by atoms with E-state index in [1.807, 2.05) is 37.3 Å². The summed E-state index contributed by atoms with van der Waals surface area (Å²) in [4.78, 5) is 19.2. The van der Waals surface area contributed by atoms with E-state index >= 15 is 0 Å². The number of piperidine rings is 1. The van der Waals surface area contributed by atoms with Crippen molar-refractivity contribution in [1.29, 1.82) is 0 Å². The molecular formula is C26H25N3O3. The van der Waals surface area contributed by atoms with Gasteiger partial charge in [-0.3, -0.25) is 0 Å². The Labute approximate surface area is 186 Å². The number of ether oxygens (including phenoxy) is 1. The fourth-order valence-corrected chi connectivity index (χ4v) is 4.28. The van der Waals surface area contributed by atoms with E-state index in [-0.39, 0.29) is 11.7 Å². The van der Waals surface area contributed by atoms with Crippen LogP contribution in [-0.4, -0.2) is 40.2 Å². The van der Waals surface area contributed by atoms with Gasteiger partial charge in [-0.15, -0.1) is 0 Å². The number of nitrogens with one attached hydrogen (secondary N) is 2. The van der Waals surface area contributed by atoms with Gasteiger partial charge in [0.05, 0.1) is 11.1 Å². The van der Waals surface area contributed by atoms with Crippen molar-refractivity contribution in [2.75, 3.05) is 13.1 Å². The Kier molecular flexibility index (Phi) is 5.37. The van der Waals surface area contributed by atoms with Crippen molar-refractivity contribution >= 4 is 17.0 Å². The fraction of sp³-hybridized carbons (Fsp3) is 0.231. The van der Waals surface area contributed by atoms with E-state index in [4.69, 9.17) is 4.74 Å². The van der Waals surface area contributed by atoms with Crippen LogP contribution in [0.4, 0.5) is 0 Å². The number of aromatic nitrogens is 2. The van der Waals surface area contributed by atoms with Crippen LogP contribution < -0.4 is 10.1 Å². The first-order valence-corrected chi connectivity index (χ1v) is 10.9. The van der Waals surface area contributed by atoms with Crippen molar-refractivity contribution in [3.05, 3.63) is 72.1 Å². The number of benzene rings is 3. The third kappa shape index (κ3) is 4.09. The molecule has 0 bridgehead atoms. The lowest BCUT2D eigenvalue weighted by molar-refractivity contribution is 0.0699. The third-order valence-corrected chi connectivity index (χ3v) is 5.91. The molecule has 162 valence electrons. The summed E-state index contributed by atoms with van der Waals surface area (Å²) in [5.74, 6) is 0.608. The Balaban J connectivity index is 1.42. The first-order chi connectivity index (χ1) is 15.6. The smallest absolute Gasteiger partial charge is 0.337 e. The number of carboxylic acid groups (broad SMARTS) is 1. The predicted molar refractivity (Wildman–Crippen MR) is 125 cm³/mol. The van der Waals surface area contributed by atoms with Gasteiger partial charge in [-0.05, 0) is 79.4 Å². The topological polar surface area (TPSA) is 87.2 Å². The second-order valence-corrected chi connectivity index (χ2v) is 8.22. The summed E-state index contributed by atoms with van der Waals surface area (Å²) < 4.78 is 6.18. The van der Waals surface area contributed by atoms with Gasteiger partial charge in [-0.1, -0.05) is 36.4 Å². The molecular weight excluding hydrogens is 402 g/mol. The average molecular weight is 428 g/mol. The van der Waals surface area contributed by atoms with Gasteiger partial charge in [0.1, 0.15) is 23.2 Å². The van der Waals surface area contributed by atoms with Gasteiger partial charge in [-0.2, -0.15) is 0 Å². The summed E-state index contributed by atoms with van der Waals surface area (Å²) in [6.07, 6.45) is 2.31. The van der Waals surface area contributed by atoms with Crippen LogP contribution in [0.25, 0.3) is 33.3 Å². The average Bonchev–Trinajstić information content (AvgIpc) is 3.19. The van der Waals surface area contributed by atoms with Crippen LogP contribution in [0.3, 0.4) is 0 Å². The van der Waals surface area contributed by atoms with E-state index < -0.39 is 5.97 Å². The predicted octanol–water partition coefficient (Wildman–Crippen LogP) is 5.03. The van der Waals surface area contributed by atoms with Crippen molar-refractivity contribution in [2.24, 2.45) is 0 Å². The number of aromatic amines is 1. The van der Waals surface area contributed by atoms with E-state index in [0.29, 0.717) is 11.3 Å². The molecule has 1 fully saturated rings. The van der Waals surface area contributed by atoms with Crippen molar-refractivity contribution in [1.82, 2.24) is 15.3 Å². The summed E-state index contributed by atoms with van der Waals surface area (Å²) >= 11 is 0.